The maximum atomic E-state index is 13.6. The van der Waals surface area contributed by atoms with Crippen molar-refractivity contribution in [3.05, 3.63) is 58.9 Å². The molecule has 0 amide bonds. The zero-order chi connectivity index (χ0) is 25.9. The standard InChI is InChI=1S/C33H47NO2/c1-8-22-13-16-31(4)25(19-22)11-12-26-27(31)14-17-32(5)28(26)15-18-33(32,6)36-30(35)24-20-23(9-2)29(10-3)34(7)21-24/h8-9,19-20,26-28H,2,10-18,21H2,1,3-7H3. The summed E-state index contributed by atoms with van der Waals surface area (Å²) >= 11 is 0. The summed E-state index contributed by atoms with van der Waals surface area (Å²) in [5, 5.41) is 0. The third-order valence-electron chi connectivity index (χ3n) is 11.6. The smallest absolute Gasteiger partial charge is 0.336 e. The molecule has 0 saturated heterocycles. The van der Waals surface area contributed by atoms with Crippen molar-refractivity contribution >= 4 is 5.97 Å². The van der Waals surface area contributed by atoms with E-state index < -0.39 is 5.60 Å². The van der Waals surface area contributed by atoms with E-state index in [9.17, 15) is 4.79 Å². The number of nitrogens with zero attached hydrogens (tertiary/aromatic N) is 1. The Kier molecular flexibility index (Phi) is 6.45. The molecule has 5 aliphatic rings. The lowest BCUT2D eigenvalue weighted by Gasteiger charge is -2.59. The van der Waals surface area contributed by atoms with Crippen molar-refractivity contribution < 1.29 is 9.53 Å². The lowest BCUT2D eigenvalue weighted by Crippen LogP contribution is -2.55. The second kappa shape index (κ2) is 9.07. The van der Waals surface area contributed by atoms with Crippen molar-refractivity contribution in [2.75, 3.05) is 13.6 Å². The van der Waals surface area contributed by atoms with Gasteiger partial charge in [-0.1, -0.05) is 56.7 Å². The Morgan fingerprint density at radius 3 is 2.56 bits per heavy atom. The largest absolute Gasteiger partial charge is 0.455 e. The lowest BCUT2D eigenvalue weighted by molar-refractivity contribution is -0.176. The lowest BCUT2D eigenvalue weighted by atomic mass is 9.46. The summed E-state index contributed by atoms with van der Waals surface area (Å²) < 4.78 is 6.55. The third kappa shape index (κ3) is 3.71. The van der Waals surface area contributed by atoms with E-state index in [4.69, 9.17) is 4.74 Å². The molecule has 36 heavy (non-hydrogen) atoms. The molecule has 3 nitrogen and oxygen atoms in total. The van der Waals surface area contributed by atoms with Crippen molar-refractivity contribution in [3.63, 3.8) is 0 Å². The van der Waals surface area contributed by atoms with Gasteiger partial charge in [0.25, 0.3) is 0 Å². The first-order chi connectivity index (χ1) is 17.1. The molecule has 1 aliphatic heterocycles. The Labute approximate surface area is 219 Å². The van der Waals surface area contributed by atoms with Crippen LogP contribution < -0.4 is 0 Å². The van der Waals surface area contributed by atoms with Gasteiger partial charge in [-0.3, -0.25) is 0 Å². The van der Waals surface area contributed by atoms with E-state index >= 15 is 0 Å². The molecule has 0 bridgehead atoms. The van der Waals surface area contributed by atoms with Crippen LogP contribution in [0.2, 0.25) is 0 Å². The van der Waals surface area contributed by atoms with Crippen LogP contribution in [0, 0.1) is 28.6 Å². The molecule has 0 aromatic rings. The average molecular weight is 490 g/mol. The Morgan fingerprint density at radius 1 is 1.11 bits per heavy atom. The number of allylic oxidation sites excluding steroid dienone is 8. The molecule has 0 spiro atoms. The minimum Gasteiger partial charge on any atom is -0.455 e. The van der Waals surface area contributed by atoms with E-state index in [1.807, 2.05) is 12.2 Å². The summed E-state index contributed by atoms with van der Waals surface area (Å²) in [4.78, 5) is 15.8. The van der Waals surface area contributed by atoms with Crippen molar-refractivity contribution in [3.8, 4) is 0 Å². The Hall–Kier alpha value is -2.03. The zero-order valence-electron chi connectivity index (χ0n) is 23.6. The second-order valence-electron chi connectivity index (χ2n) is 13.0. The molecule has 0 aromatic heterocycles. The molecule has 196 valence electrons. The predicted octanol–water partition coefficient (Wildman–Crippen LogP) is 7.92. The van der Waals surface area contributed by atoms with Crippen LogP contribution in [-0.2, 0) is 9.53 Å². The van der Waals surface area contributed by atoms with E-state index in [2.05, 4.69) is 65.3 Å². The number of esters is 1. The molecule has 1 heterocycles. The minimum atomic E-state index is -0.399. The monoisotopic (exact) mass is 489 g/mol. The van der Waals surface area contributed by atoms with E-state index in [-0.39, 0.29) is 11.4 Å². The predicted molar refractivity (Wildman–Crippen MR) is 148 cm³/mol. The van der Waals surface area contributed by atoms with Gasteiger partial charge in [0.15, 0.2) is 0 Å². The van der Waals surface area contributed by atoms with Crippen molar-refractivity contribution in [1.29, 1.82) is 0 Å². The van der Waals surface area contributed by atoms with E-state index in [1.54, 1.807) is 5.57 Å². The summed E-state index contributed by atoms with van der Waals surface area (Å²) in [6, 6.07) is 0. The van der Waals surface area contributed by atoms with Gasteiger partial charge in [-0.2, -0.15) is 0 Å². The fourth-order valence-corrected chi connectivity index (χ4v) is 9.16. The van der Waals surface area contributed by atoms with Gasteiger partial charge >= 0.3 is 5.97 Å². The molecule has 5 rings (SSSR count). The van der Waals surface area contributed by atoms with E-state index in [1.165, 1.54) is 56.2 Å². The number of rotatable bonds is 4. The first-order valence-electron chi connectivity index (χ1n) is 14.5. The number of hydrogen-bond donors (Lipinski definition) is 0. The molecular weight excluding hydrogens is 442 g/mol. The Balaban J connectivity index is 1.37. The van der Waals surface area contributed by atoms with Gasteiger partial charge in [0.2, 0.25) is 0 Å². The average Bonchev–Trinajstić information content (AvgIpc) is 3.13. The molecule has 3 saturated carbocycles. The van der Waals surface area contributed by atoms with Gasteiger partial charge < -0.3 is 9.64 Å². The minimum absolute atomic E-state index is 0.0529. The third-order valence-corrected chi connectivity index (χ3v) is 11.6. The second-order valence-corrected chi connectivity index (χ2v) is 13.0. The van der Waals surface area contributed by atoms with Gasteiger partial charge in [-0.25, -0.2) is 4.79 Å². The number of ether oxygens (including phenoxy) is 1. The molecule has 3 heteroatoms. The highest BCUT2D eigenvalue weighted by Crippen LogP contribution is 2.68. The molecular formula is C33H47NO2. The molecule has 6 atom stereocenters. The number of hydrogen-bond acceptors (Lipinski definition) is 3. The normalized spacial score (nSPS) is 41.2. The molecule has 0 aromatic carbocycles. The van der Waals surface area contributed by atoms with Crippen LogP contribution in [0.1, 0.15) is 92.4 Å². The first-order valence-corrected chi connectivity index (χ1v) is 14.5. The summed E-state index contributed by atoms with van der Waals surface area (Å²) in [5.74, 6) is 2.04. The van der Waals surface area contributed by atoms with Crippen LogP contribution in [0.5, 0.6) is 0 Å². The van der Waals surface area contributed by atoms with Gasteiger partial charge in [-0.15, -0.1) is 0 Å². The number of carbonyl (C=O) groups is 1. The fourth-order valence-electron chi connectivity index (χ4n) is 9.16. The topological polar surface area (TPSA) is 29.5 Å². The SMILES string of the molecule is C=CC1=C(CC)N(C)CC(C(=O)OC2(C)CCC3C4CCC5=CC(=CC)CCC5(C)C4CCC32C)=C1. The van der Waals surface area contributed by atoms with Crippen LogP contribution in [-0.4, -0.2) is 30.1 Å². The van der Waals surface area contributed by atoms with Crippen LogP contribution >= 0.6 is 0 Å². The number of carbonyl (C=O) groups excluding carboxylic acids is 1. The quantitative estimate of drug-likeness (QED) is 0.376. The highest BCUT2D eigenvalue weighted by Gasteiger charge is 2.64. The Morgan fingerprint density at radius 2 is 1.86 bits per heavy atom. The Bertz CT molecular complexity index is 1080. The van der Waals surface area contributed by atoms with Gasteiger partial charge in [0.1, 0.15) is 5.60 Å². The molecule has 0 radical (unpaired) electrons. The molecule has 4 aliphatic carbocycles. The molecule has 0 N–H and O–H groups in total. The van der Waals surface area contributed by atoms with E-state index in [0.29, 0.717) is 17.9 Å². The van der Waals surface area contributed by atoms with E-state index in [0.717, 1.165) is 35.8 Å². The van der Waals surface area contributed by atoms with Crippen molar-refractivity contribution in [1.82, 2.24) is 4.90 Å². The van der Waals surface area contributed by atoms with Gasteiger partial charge in [0.05, 0.1) is 5.57 Å². The van der Waals surface area contributed by atoms with Crippen molar-refractivity contribution in [2.24, 2.45) is 28.6 Å². The van der Waals surface area contributed by atoms with Crippen LogP contribution in [0.4, 0.5) is 0 Å². The van der Waals surface area contributed by atoms with Gasteiger partial charge in [0, 0.05) is 24.7 Å². The molecule has 3 fully saturated rings. The fraction of sp³-hybridized carbons (Fsp3) is 0.667. The summed E-state index contributed by atoms with van der Waals surface area (Å²) in [5.41, 5.74) is 6.30. The van der Waals surface area contributed by atoms with Crippen LogP contribution in [0.25, 0.3) is 0 Å². The highest BCUT2D eigenvalue weighted by atomic mass is 16.6. The maximum absolute atomic E-state index is 13.6. The maximum Gasteiger partial charge on any atom is 0.336 e. The summed E-state index contributed by atoms with van der Waals surface area (Å²) in [6.45, 7) is 16.2. The van der Waals surface area contributed by atoms with Crippen LogP contribution in [0.15, 0.2) is 58.9 Å². The van der Waals surface area contributed by atoms with Crippen molar-refractivity contribution in [2.45, 2.75) is 98.0 Å². The molecule has 6 unspecified atom stereocenters. The summed E-state index contributed by atoms with van der Waals surface area (Å²) in [6.07, 6.45) is 19.3. The first kappa shape index (κ1) is 25.6. The number of fused-ring (bicyclic) bond motifs is 5. The number of likely N-dealkylation sites (N-methyl/N-ethyl adjacent to an activating group) is 1. The van der Waals surface area contributed by atoms with Crippen LogP contribution in [0.3, 0.4) is 0 Å². The highest BCUT2D eigenvalue weighted by molar-refractivity contribution is 5.90. The zero-order valence-corrected chi connectivity index (χ0v) is 23.6. The summed E-state index contributed by atoms with van der Waals surface area (Å²) in [7, 11) is 2.06. The van der Waals surface area contributed by atoms with Gasteiger partial charge in [-0.05, 0) is 106 Å².